The Morgan fingerprint density at radius 2 is 1.91 bits per heavy atom. The van der Waals surface area contributed by atoms with Crippen molar-refractivity contribution in [2.75, 3.05) is 27.7 Å². The number of hydrogen-bond acceptors (Lipinski definition) is 2. The maximum absolute atomic E-state index is 11.8. The van der Waals surface area contributed by atoms with Gasteiger partial charge in [-0.15, -0.1) is 0 Å². The lowest BCUT2D eigenvalue weighted by atomic mass is 10.1. The van der Waals surface area contributed by atoms with Crippen LogP contribution in [0.15, 0.2) is 41.4 Å². The molecule has 22 heavy (non-hydrogen) atoms. The molecule has 1 aromatic carbocycles. The maximum atomic E-state index is 11.8. The van der Waals surface area contributed by atoms with E-state index in [0.717, 1.165) is 24.5 Å². The normalized spacial score (nSPS) is 11.5. The van der Waals surface area contributed by atoms with Gasteiger partial charge >= 0.3 is 0 Å². The molecule has 0 heterocycles. The van der Waals surface area contributed by atoms with Gasteiger partial charge in [-0.1, -0.05) is 24.3 Å². The standard InChI is InChI=1S/C17H26N4O/c1-5-6-7-12-19-17(18-2)20-13-14-8-10-15(11-9-14)16(22)21(3)4/h5-6,8-11H,7,12-13H2,1-4H3,(H2,18,19,20). The monoisotopic (exact) mass is 302 g/mol. The first-order valence-corrected chi connectivity index (χ1v) is 7.44. The summed E-state index contributed by atoms with van der Waals surface area (Å²) in [6.07, 6.45) is 5.12. The van der Waals surface area contributed by atoms with Gasteiger partial charge in [-0.3, -0.25) is 9.79 Å². The largest absolute Gasteiger partial charge is 0.356 e. The Bertz CT molecular complexity index is 518. The number of hydrogen-bond donors (Lipinski definition) is 2. The Kier molecular flexibility index (Phi) is 7.75. The van der Waals surface area contributed by atoms with Gasteiger partial charge in [0.05, 0.1) is 0 Å². The van der Waals surface area contributed by atoms with Crippen molar-refractivity contribution >= 4 is 11.9 Å². The molecule has 0 atom stereocenters. The van der Waals surface area contributed by atoms with Crippen molar-refractivity contribution in [1.82, 2.24) is 15.5 Å². The Labute approximate surface area is 133 Å². The van der Waals surface area contributed by atoms with Crippen LogP contribution in [0.4, 0.5) is 0 Å². The van der Waals surface area contributed by atoms with Crippen molar-refractivity contribution in [3.05, 3.63) is 47.5 Å². The van der Waals surface area contributed by atoms with Crippen molar-refractivity contribution in [2.24, 2.45) is 4.99 Å². The summed E-state index contributed by atoms with van der Waals surface area (Å²) in [4.78, 5) is 17.6. The molecule has 1 amide bonds. The second-order valence-electron chi connectivity index (χ2n) is 5.11. The van der Waals surface area contributed by atoms with Crippen molar-refractivity contribution in [1.29, 1.82) is 0 Å². The highest BCUT2D eigenvalue weighted by Crippen LogP contribution is 2.06. The first kappa shape index (κ1) is 17.8. The number of aliphatic imine (C=N–C) groups is 1. The van der Waals surface area contributed by atoms with E-state index in [9.17, 15) is 4.79 Å². The first-order chi connectivity index (χ1) is 10.6. The van der Waals surface area contributed by atoms with Gasteiger partial charge in [0.1, 0.15) is 0 Å². The molecule has 2 N–H and O–H groups in total. The van der Waals surface area contributed by atoms with Gasteiger partial charge in [0.25, 0.3) is 5.91 Å². The topological polar surface area (TPSA) is 56.7 Å². The molecule has 120 valence electrons. The van der Waals surface area contributed by atoms with Gasteiger partial charge in [-0.05, 0) is 31.0 Å². The van der Waals surface area contributed by atoms with Gasteiger partial charge in [-0.2, -0.15) is 0 Å². The van der Waals surface area contributed by atoms with Crippen LogP contribution in [0.3, 0.4) is 0 Å². The third-order valence-corrected chi connectivity index (χ3v) is 3.13. The highest BCUT2D eigenvalue weighted by atomic mass is 16.2. The van der Waals surface area contributed by atoms with Gasteiger partial charge < -0.3 is 15.5 Å². The molecule has 0 spiro atoms. The third-order valence-electron chi connectivity index (χ3n) is 3.13. The van der Waals surface area contributed by atoms with Gasteiger partial charge in [0, 0.05) is 39.8 Å². The van der Waals surface area contributed by atoms with E-state index in [0.29, 0.717) is 12.1 Å². The summed E-state index contributed by atoms with van der Waals surface area (Å²) in [7, 11) is 5.26. The second kappa shape index (κ2) is 9.60. The van der Waals surface area contributed by atoms with E-state index in [1.165, 1.54) is 0 Å². The molecule has 0 bridgehead atoms. The van der Waals surface area contributed by atoms with Crippen LogP contribution in [0.1, 0.15) is 29.3 Å². The molecule has 0 saturated carbocycles. The van der Waals surface area contributed by atoms with Crippen LogP contribution in [0, 0.1) is 0 Å². The zero-order valence-corrected chi connectivity index (χ0v) is 13.9. The fraction of sp³-hybridized carbons (Fsp3) is 0.412. The molecule has 5 nitrogen and oxygen atoms in total. The highest BCUT2D eigenvalue weighted by molar-refractivity contribution is 5.93. The lowest BCUT2D eigenvalue weighted by molar-refractivity contribution is 0.0827. The van der Waals surface area contributed by atoms with E-state index in [1.807, 2.05) is 37.3 Å². The van der Waals surface area contributed by atoms with Crippen LogP contribution in [-0.4, -0.2) is 44.5 Å². The molecular formula is C17H26N4O. The van der Waals surface area contributed by atoms with E-state index in [-0.39, 0.29) is 5.91 Å². The molecule has 1 rings (SSSR count). The number of benzene rings is 1. The number of nitrogens with one attached hydrogen (secondary N) is 2. The predicted molar refractivity (Wildman–Crippen MR) is 92.1 cm³/mol. The predicted octanol–water partition coefficient (Wildman–Crippen LogP) is 2.02. The number of nitrogens with zero attached hydrogens (tertiary/aromatic N) is 2. The SMILES string of the molecule is CC=CCCNC(=NC)NCc1ccc(C(=O)N(C)C)cc1. The Balaban J connectivity index is 2.48. The first-order valence-electron chi connectivity index (χ1n) is 7.44. The van der Waals surface area contributed by atoms with Crippen LogP contribution in [-0.2, 0) is 6.54 Å². The molecule has 0 saturated heterocycles. The third kappa shape index (κ3) is 5.99. The van der Waals surface area contributed by atoms with Gasteiger partial charge in [0.15, 0.2) is 5.96 Å². The molecule has 0 aliphatic heterocycles. The number of amides is 1. The summed E-state index contributed by atoms with van der Waals surface area (Å²) in [5.74, 6) is 0.791. The smallest absolute Gasteiger partial charge is 0.253 e. The van der Waals surface area contributed by atoms with Crippen molar-refractivity contribution < 1.29 is 4.79 Å². The zero-order chi connectivity index (χ0) is 16.4. The average Bonchev–Trinajstić information content (AvgIpc) is 2.54. The number of allylic oxidation sites excluding steroid dienone is 1. The van der Waals surface area contributed by atoms with Crippen LogP contribution in [0.5, 0.6) is 0 Å². The fourth-order valence-corrected chi connectivity index (χ4v) is 1.87. The number of carbonyl (C=O) groups is 1. The van der Waals surface area contributed by atoms with Crippen molar-refractivity contribution in [3.8, 4) is 0 Å². The van der Waals surface area contributed by atoms with Crippen molar-refractivity contribution in [3.63, 3.8) is 0 Å². The van der Waals surface area contributed by atoms with Gasteiger partial charge in [-0.25, -0.2) is 0 Å². The molecule has 5 heteroatoms. The Morgan fingerprint density at radius 3 is 2.45 bits per heavy atom. The molecule has 0 fully saturated rings. The fourth-order valence-electron chi connectivity index (χ4n) is 1.87. The zero-order valence-electron chi connectivity index (χ0n) is 13.9. The van der Waals surface area contributed by atoms with Crippen LogP contribution < -0.4 is 10.6 Å². The van der Waals surface area contributed by atoms with E-state index in [4.69, 9.17) is 0 Å². The Hall–Kier alpha value is -2.30. The average molecular weight is 302 g/mol. The van der Waals surface area contributed by atoms with E-state index >= 15 is 0 Å². The van der Waals surface area contributed by atoms with Crippen LogP contribution in [0.2, 0.25) is 0 Å². The van der Waals surface area contributed by atoms with Gasteiger partial charge in [0.2, 0.25) is 0 Å². The Morgan fingerprint density at radius 1 is 1.23 bits per heavy atom. The lowest BCUT2D eigenvalue weighted by Gasteiger charge is -2.12. The second-order valence-corrected chi connectivity index (χ2v) is 5.11. The summed E-state index contributed by atoms with van der Waals surface area (Å²) >= 11 is 0. The summed E-state index contributed by atoms with van der Waals surface area (Å²) in [5, 5.41) is 6.50. The van der Waals surface area contributed by atoms with Crippen molar-refractivity contribution in [2.45, 2.75) is 19.9 Å². The molecule has 0 aliphatic carbocycles. The summed E-state index contributed by atoms with van der Waals surface area (Å²) in [5.41, 5.74) is 1.80. The van der Waals surface area contributed by atoms with E-state index < -0.39 is 0 Å². The molecule has 0 aromatic heterocycles. The molecular weight excluding hydrogens is 276 g/mol. The van der Waals surface area contributed by atoms with E-state index in [2.05, 4.69) is 21.7 Å². The van der Waals surface area contributed by atoms with E-state index in [1.54, 1.807) is 26.0 Å². The van der Waals surface area contributed by atoms with Crippen LogP contribution >= 0.6 is 0 Å². The van der Waals surface area contributed by atoms with Crippen LogP contribution in [0.25, 0.3) is 0 Å². The minimum atomic E-state index is 0.0148. The highest BCUT2D eigenvalue weighted by Gasteiger charge is 2.07. The number of carbonyl (C=O) groups excluding carboxylic acids is 1. The number of rotatable bonds is 6. The quantitative estimate of drug-likeness (QED) is 0.366. The minimum Gasteiger partial charge on any atom is -0.356 e. The molecule has 1 aromatic rings. The number of guanidine groups is 1. The lowest BCUT2D eigenvalue weighted by Crippen LogP contribution is -2.37. The molecule has 0 unspecified atom stereocenters. The maximum Gasteiger partial charge on any atom is 0.253 e. The molecule has 0 radical (unpaired) electrons. The molecule has 0 aliphatic rings. The summed E-state index contributed by atoms with van der Waals surface area (Å²) < 4.78 is 0. The summed E-state index contributed by atoms with van der Waals surface area (Å²) in [6.45, 7) is 3.53. The minimum absolute atomic E-state index is 0.0148. The summed E-state index contributed by atoms with van der Waals surface area (Å²) in [6, 6.07) is 7.61.